The molecule has 0 fully saturated rings. The van der Waals surface area contributed by atoms with Crippen LogP contribution in [0.4, 0.5) is 16.2 Å². The van der Waals surface area contributed by atoms with Gasteiger partial charge in [-0.2, -0.15) is 0 Å². The van der Waals surface area contributed by atoms with Crippen molar-refractivity contribution in [1.29, 1.82) is 0 Å². The summed E-state index contributed by atoms with van der Waals surface area (Å²) < 4.78 is 6.09. The van der Waals surface area contributed by atoms with Gasteiger partial charge in [0.05, 0.1) is 11.4 Å². The van der Waals surface area contributed by atoms with Crippen LogP contribution in [0.5, 0.6) is 11.5 Å². The number of carboxylic acid groups (broad SMARTS) is 1. The van der Waals surface area contributed by atoms with Crippen LogP contribution in [0.25, 0.3) is 16.8 Å². The lowest BCUT2D eigenvalue weighted by Crippen LogP contribution is -2.14. The molecule has 0 saturated heterocycles. The Hall–Kier alpha value is -4.70. The molecule has 4 rings (SSSR count). The van der Waals surface area contributed by atoms with Crippen LogP contribution in [-0.4, -0.2) is 31.6 Å². The summed E-state index contributed by atoms with van der Waals surface area (Å²) >= 11 is 0. The smallest absolute Gasteiger partial charge is 0.505 e. The first-order valence-corrected chi connectivity index (χ1v) is 10.4. The fourth-order valence-corrected chi connectivity index (χ4v) is 3.48. The van der Waals surface area contributed by atoms with Crippen LogP contribution < -0.4 is 10.3 Å². The summed E-state index contributed by atoms with van der Waals surface area (Å²) in [6.07, 6.45) is -1.43. The molecule has 0 spiro atoms. The molecule has 10 nitrogen and oxygen atoms in total. The second-order valence-corrected chi connectivity index (χ2v) is 7.76. The maximum absolute atomic E-state index is 13.0. The second-order valence-electron chi connectivity index (χ2n) is 7.76. The van der Waals surface area contributed by atoms with E-state index >= 15 is 0 Å². The zero-order valence-electron chi connectivity index (χ0n) is 19.2. The van der Waals surface area contributed by atoms with E-state index in [-0.39, 0.29) is 33.9 Å². The number of carbonyl (C=O) groups is 1. The molecule has 0 amide bonds. The van der Waals surface area contributed by atoms with E-state index < -0.39 is 6.16 Å². The first-order valence-electron chi connectivity index (χ1n) is 10.4. The molecular formula is C25H24N4O6. The van der Waals surface area contributed by atoms with Crippen molar-refractivity contribution >= 4 is 17.5 Å². The largest absolute Gasteiger partial charge is 0.511 e. The van der Waals surface area contributed by atoms with Gasteiger partial charge in [-0.15, -0.1) is 10.2 Å². The average Bonchev–Trinajstić information content (AvgIpc) is 3.08. The van der Waals surface area contributed by atoms with Gasteiger partial charge in [0.1, 0.15) is 11.4 Å². The number of rotatable bonds is 5. The van der Waals surface area contributed by atoms with E-state index in [0.29, 0.717) is 22.5 Å². The predicted octanol–water partition coefficient (Wildman–Crippen LogP) is 5.11. The van der Waals surface area contributed by atoms with Crippen LogP contribution in [0.3, 0.4) is 0 Å². The van der Waals surface area contributed by atoms with Crippen molar-refractivity contribution in [2.75, 3.05) is 0 Å². The highest BCUT2D eigenvalue weighted by atomic mass is 16.7. The van der Waals surface area contributed by atoms with Crippen LogP contribution in [0, 0.1) is 20.8 Å². The Morgan fingerprint density at radius 1 is 0.971 bits per heavy atom. The number of benzene rings is 3. The Kier molecular flexibility index (Phi) is 7.17. The van der Waals surface area contributed by atoms with Crippen LogP contribution in [0.15, 0.2) is 75.7 Å². The molecule has 0 radical (unpaired) electrons. The monoisotopic (exact) mass is 476 g/mol. The number of para-hydroxylation sites is 1. The number of aryl methyl sites for hydroxylation is 3. The van der Waals surface area contributed by atoms with Gasteiger partial charge in [-0.05, 0) is 67.8 Å². The molecule has 0 aliphatic carbocycles. The van der Waals surface area contributed by atoms with Gasteiger partial charge in [0.2, 0.25) is 0 Å². The summed E-state index contributed by atoms with van der Waals surface area (Å²) in [6, 6.07) is 16.9. The summed E-state index contributed by atoms with van der Waals surface area (Å²) in [5, 5.41) is 30.8. The highest BCUT2D eigenvalue weighted by Crippen LogP contribution is 2.38. The molecule has 5 N–H and O–H groups in total. The van der Waals surface area contributed by atoms with Gasteiger partial charge in [0, 0.05) is 5.56 Å². The molecule has 0 saturated carbocycles. The van der Waals surface area contributed by atoms with E-state index in [1.807, 2.05) is 32.0 Å². The fraction of sp³-hybridized carbons (Fsp3) is 0.120. The van der Waals surface area contributed by atoms with Gasteiger partial charge in [-0.25, -0.2) is 9.48 Å². The van der Waals surface area contributed by atoms with Gasteiger partial charge in [-0.3, -0.25) is 9.89 Å². The molecule has 0 unspecified atom stereocenters. The molecular weight excluding hydrogens is 452 g/mol. The summed E-state index contributed by atoms with van der Waals surface area (Å²) in [7, 11) is 0. The lowest BCUT2D eigenvalue weighted by Gasteiger charge is -2.08. The lowest BCUT2D eigenvalue weighted by atomic mass is 10.0. The van der Waals surface area contributed by atoms with Crippen molar-refractivity contribution in [1.82, 2.24) is 9.78 Å². The van der Waals surface area contributed by atoms with Gasteiger partial charge < -0.3 is 20.4 Å². The molecule has 1 heterocycles. The summed E-state index contributed by atoms with van der Waals surface area (Å²) in [6.45, 7) is 5.69. The number of hydrogen-bond acceptors (Lipinski definition) is 6. The van der Waals surface area contributed by atoms with Gasteiger partial charge in [-0.1, -0.05) is 30.3 Å². The van der Waals surface area contributed by atoms with Crippen LogP contribution in [0.2, 0.25) is 0 Å². The number of ether oxygens (including phenoxy) is 1. The van der Waals surface area contributed by atoms with Crippen molar-refractivity contribution in [3.63, 3.8) is 0 Å². The quantitative estimate of drug-likeness (QED) is 0.207. The van der Waals surface area contributed by atoms with E-state index in [1.54, 1.807) is 37.3 Å². The van der Waals surface area contributed by atoms with E-state index in [9.17, 15) is 14.7 Å². The predicted molar refractivity (Wildman–Crippen MR) is 131 cm³/mol. The zero-order valence-corrected chi connectivity index (χ0v) is 19.2. The third-order valence-corrected chi connectivity index (χ3v) is 5.41. The third kappa shape index (κ3) is 5.12. The maximum Gasteiger partial charge on any atom is 0.511 e. The van der Waals surface area contributed by atoms with E-state index in [1.165, 1.54) is 16.8 Å². The van der Waals surface area contributed by atoms with Gasteiger partial charge >= 0.3 is 6.16 Å². The Bertz CT molecular complexity index is 1490. The number of azo groups is 1. The Morgan fingerprint density at radius 2 is 1.71 bits per heavy atom. The molecule has 1 aromatic heterocycles. The Balaban J connectivity index is 0.00000342. The van der Waals surface area contributed by atoms with E-state index in [0.717, 1.165) is 11.1 Å². The summed E-state index contributed by atoms with van der Waals surface area (Å²) in [5.41, 5.74) is 4.24. The van der Waals surface area contributed by atoms with Crippen molar-refractivity contribution in [2.45, 2.75) is 20.8 Å². The van der Waals surface area contributed by atoms with E-state index in [4.69, 9.17) is 5.11 Å². The molecule has 0 bridgehead atoms. The molecule has 180 valence electrons. The van der Waals surface area contributed by atoms with Crippen LogP contribution in [0.1, 0.15) is 16.8 Å². The number of H-pyrrole nitrogens is 1. The minimum Gasteiger partial charge on any atom is -0.505 e. The normalized spacial score (nSPS) is 10.8. The van der Waals surface area contributed by atoms with Crippen molar-refractivity contribution in [3.8, 4) is 28.3 Å². The van der Waals surface area contributed by atoms with Crippen LogP contribution in [-0.2, 0) is 0 Å². The maximum atomic E-state index is 13.0. The van der Waals surface area contributed by atoms with Crippen LogP contribution >= 0.6 is 0 Å². The number of phenols is 1. The highest BCUT2D eigenvalue weighted by Gasteiger charge is 2.14. The molecule has 4 aromatic rings. The molecule has 0 aliphatic rings. The third-order valence-electron chi connectivity index (χ3n) is 5.41. The lowest BCUT2D eigenvalue weighted by molar-refractivity contribution is 0.144. The Labute approximate surface area is 200 Å². The molecule has 10 heteroatoms. The minimum atomic E-state index is -1.43. The Morgan fingerprint density at radius 3 is 2.43 bits per heavy atom. The number of aromatic amines is 1. The number of aromatic hydroxyl groups is 1. The van der Waals surface area contributed by atoms with Gasteiger partial charge in [0.25, 0.3) is 5.56 Å². The number of phenolic OH excluding ortho intramolecular Hbond substituents is 1. The standard InChI is InChI=1S/C25H22N4O5.H2O/c1-14-10-11-18(12-15(14)2)29-24(31)22(16(3)28-29)27-26-21-9-5-8-20(23(21)30)17-6-4-7-19(13-17)34-25(32)33;/h4-13,28,30H,1-3H3,(H,32,33);1H2. The summed E-state index contributed by atoms with van der Waals surface area (Å²) in [5.74, 6) is -0.0485. The minimum absolute atomic E-state index is 0. The highest BCUT2D eigenvalue weighted by molar-refractivity contribution is 5.77. The number of aromatic nitrogens is 2. The van der Waals surface area contributed by atoms with Crippen molar-refractivity contribution in [2.24, 2.45) is 10.2 Å². The molecule has 35 heavy (non-hydrogen) atoms. The number of hydrogen-bond donors (Lipinski definition) is 3. The SMILES string of the molecule is Cc1ccc(-n2[nH]c(C)c(N=Nc3cccc(-c4cccc(OC(=O)O)c4)c3O)c2=O)cc1C.O. The average molecular weight is 476 g/mol. The van der Waals surface area contributed by atoms with Crippen molar-refractivity contribution < 1.29 is 25.2 Å². The molecule has 3 aromatic carbocycles. The van der Waals surface area contributed by atoms with Crippen molar-refractivity contribution in [3.05, 3.63) is 87.8 Å². The zero-order chi connectivity index (χ0) is 24.4. The number of nitrogens with one attached hydrogen (secondary N) is 1. The first kappa shape index (κ1) is 24.9. The van der Waals surface area contributed by atoms with Gasteiger partial charge in [0.15, 0.2) is 11.4 Å². The fourth-order valence-electron chi connectivity index (χ4n) is 3.48. The molecule has 0 aliphatic heterocycles. The first-order chi connectivity index (χ1) is 16.2. The summed E-state index contributed by atoms with van der Waals surface area (Å²) in [4.78, 5) is 23.8. The van der Waals surface area contributed by atoms with E-state index in [2.05, 4.69) is 20.1 Å². The molecule has 0 atom stereocenters. The second kappa shape index (κ2) is 10.1. The topological polar surface area (TPSA) is 161 Å². The number of nitrogens with zero attached hydrogens (tertiary/aromatic N) is 3.